The number of anilines is 2. The number of aromatic nitrogens is 1. The molecule has 0 aliphatic rings. The molecule has 4 aromatic rings. The van der Waals surface area contributed by atoms with Crippen LogP contribution in [0.4, 0.5) is 10.8 Å². The van der Waals surface area contributed by atoms with E-state index >= 15 is 0 Å². The number of rotatable bonds is 8. The highest BCUT2D eigenvalue weighted by Gasteiger charge is 2.18. The second-order valence-corrected chi connectivity index (χ2v) is 10.7. The maximum atomic E-state index is 12.8. The van der Waals surface area contributed by atoms with E-state index in [9.17, 15) is 9.59 Å². The van der Waals surface area contributed by atoms with E-state index in [1.807, 2.05) is 48.7 Å². The van der Waals surface area contributed by atoms with Gasteiger partial charge in [0.05, 0.1) is 28.6 Å². The number of amides is 2. The average molecular weight is 559 g/mol. The Morgan fingerprint density at radius 2 is 1.83 bits per heavy atom. The summed E-state index contributed by atoms with van der Waals surface area (Å²) in [7, 11) is 1.61. The Kier molecular flexibility index (Phi) is 8.53. The molecule has 3 aromatic carbocycles. The number of benzene rings is 3. The normalized spacial score (nSPS) is 11.6. The Morgan fingerprint density at radius 1 is 1.03 bits per heavy atom. The Labute approximate surface area is 227 Å². The van der Waals surface area contributed by atoms with Crippen LogP contribution in [-0.4, -0.2) is 29.2 Å². The molecule has 0 saturated heterocycles. The van der Waals surface area contributed by atoms with Crippen molar-refractivity contribution in [1.29, 1.82) is 0 Å². The Hall–Kier alpha value is -3.04. The van der Waals surface area contributed by atoms with Crippen molar-refractivity contribution in [2.45, 2.75) is 17.1 Å². The molecule has 0 spiro atoms. The number of halogens is 2. The van der Waals surface area contributed by atoms with Gasteiger partial charge in [0, 0.05) is 26.5 Å². The van der Waals surface area contributed by atoms with Crippen LogP contribution >= 0.6 is 46.3 Å². The van der Waals surface area contributed by atoms with E-state index < -0.39 is 5.25 Å². The number of thiazole rings is 1. The molecule has 1 unspecified atom stereocenters. The van der Waals surface area contributed by atoms with Gasteiger partial charge in [0.25, 0.3) is 5.91 Å². The van der Waals surface area contributed by atoms with Crippen LogP contribution in [0.3, 0.4) is 0 Å². The fourth-order valence-corrected chi connectivity index (χ4v) is 5.43. The lowest BCUT2D eigenvalue weighted by Crippen LogP contribution is -2.22. The fraction of sp³-hybridized carbons (Fsp3) is 0.115. The van der Waals surface area contributed by atoms with Crippen LogP contribution in [0.25, 0.3) is 11.3 Å². The van der Waals surface area contributed by atoms with Gasteiger partial charge in [0.1, 0.15) is 5.75 Å². The summed E-state index contributed by atoms with van der Waals surface area (Å²) in [6, 6.07) is 19.6. The van der Waals surface area contributed by atoms with Crippen molar-refractivity contribution in [3.05, 3.63) is 87.7 Å². The number of nitrogens with zero attached hydrogens (tertiary/aromatic N) is 1. The first-order chi connectivity index (χ1) is 17.3. The zero-order valence-corrected chi connectivity index (χ0v) is 22.4. The van der Waals surface area contributed by atoms with E-state index in [-0.39, 0.29) is 16.8 Å². The molecule has 1 atom stereocenters. The summed E-state index contributed by atoms with van der Waals surface area (Å²) < 4.78 is 5.40. The first kappa shape index (κ1) is 26.0. The van der Waals surface area contributed by atoms with Crippen LogP contribution in [0.5, 0.6) is 5.75 Å². The predicted molar refractivity (Wildman–Crippen MR) is 149 cm³/mol. The zero-order chi connectivity index (χ0) is 25.7. The van der Waals surface area contributed by atoms with Crippen LogP contribution in [0.15, 0.2) is 77.0 Å². The number of hydrogen-bond donors (Lipinski definition) is 2. The van der Waals surface area contributed by atoms with E-state index in [0.29, 0.717) is 21.4 Å². The van der Waals surface area contributed by atoms with Gasteiger partial charge in [-0.2, -0.15) is 0 Å². The van der Waals surface area contributed by atoms with Crippen LogP contribution in [-0.2, 0) is 4.79 Å². The number of carbonyl (C=O) groups excluding carboxylic acids is 2. The summed E-state index contributed by atoms with van der Waals surface area (Å²) in [6.45, 7) is 1.81. The van der Waals surface area contributed by atoms with E-state index in [1.54, 1.807) is 31.4 Å². The first-order valence-electron chi connectivity index (χ1n) is 10.8. The Morgan fingerprint density at radius 3 is 2.61 bits per heavy atom. The van der Waals surface area contributed by atoms with Crippen LogP contribution in [0.1, 0.15) is 17.3 Å². The molecular formula is C26H21Cl2N3O3S2. The molecule has 6 nitrogen and oxygen atoms in total. The highest BCUT2D eigenvalue weighted by atomic mass is 35.5. The summed E-state index contributed by atoms with van der Waals surface area (Å²) in [4.78, 5) is 30.8. The number of para-hydroxylation sites is 1. The molecule has 0 aliphatic carbocycles. The number of nitrogens with one attached hydrogen (secondary N) is 2. The molecule has 10 heteroatoms. The average Bonchev–Trinajstić information content (AvgIpc) is 3.32. The third-order valence-corrected chi connectivity index (χ3v) is 7.47. The third-order valence-electron chi connectivity index (χ3n) is 5.07. The van der Waals surface area contributed by atoms with Crippen molar-refractivity contribution in [2.24, 2.45) is 0 Å². The molecule has 1 aromatic heterocycles. The van der Waals surface area contributed by atoms with Crippen LogP contribution < -0.4 is 15.4 Å². The standard InChI is InChI=1S/C26H21Cl2N3O3S2/c1-15(24(32)31-26-30-22(14-35-26)20-8-3-4-9-23(20)34-2)36-18-7-5-6-17(13-18)29-25(33)19-11-10-16(27)12-21(19)28/h3-15H,1-2H3,(H,29,33)(H,30,31,32). The molecule has 0 saturated carbocycles. The Bertz CT molecular complexity index is 1410. The second kappa shape index (κ2) is 11.8. The SMILES string of the molecule is COc1ccccc1-c1csc(NC(=O)C(C)Sc2cccc(NC(=O)c3ccc(Cl)cc3Cl)c2)n1. The molecule has 36 heavy (non-hydrogen) atoms. The van der Waals surface area contributed by atoms with E-state index in [2.05, 4.69) is 15.6 Å². The van der Waals surface area contributed by atoms with Crippen molar-refractivity contribution in [3.63, 3.8) is 0 Å². The van der Waals surface area contributed by atoms with Gasteiger partial charge in [-0.1, -0.05) is 41.4 Å². The monoisotopic (exact) mass is 557 g/mol. The third kappa shape index (κ3) is 6.39. The van der Waals surface area contributed by atoms with Gasteiger partial charge >= 0.3 is 0 Å². The summed E-state index contributed by atoms with van der Waals surface area (Å²) >= 11 is 14.8. The molecule has 0 bridgehead atoms. The number of carbonyl (C=O) groups is 2. The lowest BCUT2D eigenvalue weighted by atomic mass is 10.1. The summed E-state index contributed by atoms with van der Waals surface area (Å²) in [6.07, 6.45) is 0. The van der Waals surface area contributed by atoms with Crippen LogP contribution in [0.2, 0.25) is 10.0 Å². The lowest BCUT2D eigenvalue weighted by molar-refractivity contribution is -0.115. The van der Waals surface area contributed by atoms with Crippen molar-refractivity contribution >= 4 is 68.9 Å². The maximum Gasteiger partial charge on any atom is 0.257 e. The Balaban J connectivity index is 1.38. The largest absolute Gasteiger partial charge is 0.496 e. The molecular weight excluding hydrogens is 537 g/mol. The van der Waals surface area contributed by atoms with Gasteiger partial charge in [0.15, 0.2) is 5.13 Å². The summed E-state index contributed by atoms with van der Waals surface area (Å²) in [5, 5.41) is 8.42. The molecule has 2 N–H and O–H groups in total. The molecule has 0 aliphatic heterocycles. The smallest absolute Gasteiger partial charge is 0.257 e. The highest BCUT2D eigenvalue weighted by molar-refractivity contribution is 8.00. The van der Waals surface area contributed by atoms with Gasteiger partial charge in [-0.3, -0.25) is 9.59 Å². The molecule has 184 valence electrons. The van der Waals surface area contributed by atoms with Gasteiger partial charge in [-0.15, -0.1) is 23.1 Å². The number of ether oxygens (including phenoxy) is 1. The number of hydrogen-bond acceptors (Lipinski definition) is 6. The van der Waals surface area contributed by atoms with E-state index in [1.165, 1.54) is 29.2 Å². The quantitative estimate of drug-likeness (QED) is 0.219. The summed E-state index contributed by atoms with van der Waals surface area (Å²) in [5.41, 5.74) is 2.50. The van der Waals surface area contributed by atoms with Crippen molar-refractivity contribution in [2.75, 3.05) is 17.7 Å². The predicted octanol–water partition coefficient (Wildman–Crippen LogP) is 7.50. The fourth-order valence-electron chi connectivity index (χ4n) is 3.29. The van der Waals surface area contributed by atoms with Crippen LogP contribution in [0, 0.1) is 0 Å². The lowest BCUT2D eigenvalue weighted by Gasteiger charge is -2.12. The summed E-state index contributed by atoms with van der Waals surface area (Å²) in [5.74, 6) is 0.192. The molecule has 0 radical (unpaired) electrons. The zero-order valence-electron chi connectivity index (χ0n) is 19.2. The van der Waals surface area contributed by atoms with Crippen molar-refractivity contribution in [1.82, 2.24) is 4.98 Å². The minimum atomic E-state index is -0.403. The van der Waals surface area contributed by atoms with Crippen molar-refractivity contribution in [3.8, 4) is 17.0 Å². The van der Waals surface area contributed by atoms with Gasteiger partial charge in [-0.05, 0) is 55.5 Å². The molecule has 1 heterocycles. The second-order valence-electron chi connectivity index (χ2n) is 7.59. The van der Waals surface area contributed by atoms with E-state index in [0.717, 1.165) is 21.9 Å². The maximum absolute atomic E-state index is 12.8. The van der Waals surface area contributed by atoms with E-state index in [4.69, 9.17) is 27.9 Å². The molecule has 2 amide bonds. The number of thioether (sulfide) groups is 1. The minimum absolute atomic E-state index is 0.177. The minimum Gasteiger partial charge on any atom is -0.496 e. The van der Waals surface area contributed by atoms with Gasteiger partial charge < -0.3 is 15.4 Å². The first-order valence-corrected chi connectivity index (χ1v) is 13.3. The molecule has 0 fully saturated rings. The topological polar surface area (TPSA) is 80.3 Å². The molecule has 4 rings (SSSR count). The van der Waals surface area contributed by atoms with Gasteiger partial charge in [-0.25, -0.2) is 4.98 Å². The highest BCUT2D eigenvalue weighted by Crippen LogP contribution is 2.33. The number of methoxy groups -OCH3 is 1. The van der Waals surface area contributed by atoms with Crippen molar-refractivity contribution < 1.29 is 14.3 Å². The van der Waals surface area contributed by atoms with Gasteiger partial charge in [0.2, 0.25) is 5.91 Å².